The molecule has 2 aromatic carbocycles. The van der Waals surface area contributed by atoms with Crippen molar-refractivity contribution in [3.63, 3.8) is 0 Å². The summed E-state index contributed by atoms with van der Waals surface area (Å²) >= 11 is 0. The first kappa shape index (κ1) is 16.7. The van der Waals surface area contributed by atoms with E-state index in [4.69, 9.17) is 9.47 Å². The summed E-state index contributed by atoms with van der Waals surface area (Å²) in [6.45, 7) is 4.13. The fourth-order valence-corrected chi connectivity index (χ4v) is 2.05. The summed E-state index contributed by atoms with van der Waals surface area (Å²) in [7, 11) is 1.57. The molecule has 0 saturated carbocycles. The van der Waals surface area contributed by atoms with Crippen LogP contribution in [0.5, 0.6) is 11.5 Å². The average molecular weight is 314 g/mol. The van der Waals surface area contributed by atoms with Crippen molar-refractivity contribution in [3.8, 4) is 11.5 Å². The van der Waals surface area contributed by atoms with Crippen LogP contribution in [-0.4, -0.2) is 25.7 Å². The van der Waals surface area contributed by atoms with Crippen LogP contribution in [0.1, 0.15) is 13.8 Å². The lowest BCUT2D eigenvalue weighted by atomic mass is 10.3. The van der Waals surface area contributed by atoms with Gasteiger partial charge >= 0.3 is 0 Å². The zero-order valence-electron chi connectivity index (χ0n) is 13.6. The number of benzene rings is 2. The summed E-state index contributed by atoms with van der Waals surface area (Å²) < 4.78 is 10.8. The third kappa shape index (κ3) is 5.21. The quantitative estimate of drug-likeness (QED) is 0.821. The molecule has 0 saturated heterocycles. The van der Waals surface area contributed by atoms with Gasteiger partial charge in [0.15, 0.2) is 0 Å². The molecule has 2 aromatic rings. The van der Waals surface area contributed by atoms with Crippen LogP contribution in [-0.2, 0) is 4.79 Å². The van der Waals surface area contributed by atoms with Crippen molar-refractivity contribution < 1.29 is 14.3 Å². The van der Waals surface area contributed by atoms with Gasteiger partial charge in [-0.05, 0) is 50.2 Å². The average Bonchev–Trinajstić information content (AvgIpc) is 2.54. The summed E-state index contributed by atoms with van der Waals surface area (Å²) in [6, 6.07) is 14.8. The Kier molecular flexibility index (Phi) is 5.86. The van der Waals surface area contributed by atoms with E-state index < -0.39 is 0 Å². The molecule has 0 radical (unpaired) electrons. The van der Waals surface area contributed by atoms with E-state index in [1.807, 2.05) is 50.2 Å². The highest BCUT2D eigenvalue weighted by Gasteiger charge is 2.06. The standard InChI is InChI=1S/C18H22N2O3/c1-13(2)23-15-10-8-14(9-11-15)19-12-18(21)20-16-6-4-5-7-17(16)22-3/h4-11,13,19H,12H2,1-3H3,(H,20,21). The fourth-order valence-electron chi connectivity index (χ4n) is 2.05. The fraction of sp³-hybridized carbons (Fsp3) is 0.278. The van der Waals surface area contributed by atoms with Crippen molar-refractivity contribution in [2.24, 2.45) is 0 Å². The molecule has 23 heavy (non-hydrogen) atoms. The van der Waals surface area contributed by atoms with Crippen LogP contribution in [0.3, 0.4) is 0 Å². The summed E-state index contributed by atoms with van der Waals surface area (Å²) in [5, 5.41) is 5.89. The van der Waals surface area contributed by atoms with Crippen LogP contribution in [0, 0.1) is 0 Å². The van der Waals surface area contributed by atoms with E-state index in [0.717, 1.165) is 11.4 Å². The molecule has 5 heteroatoms. The van der Waals surface area contributed by atoms with E-state index in [1.54, 1.807) is 19.2 Å². The Morgan fingerprint density at radius 2 is 1.78 bits per heavy atom. The number of anilines is 2. The van der Waals surface area contributed by atoms with Gasteiger partial charge in [0.2, 0.25) is 5.91 Å². The monoisotopic (exact) mass is 314 g/mol. The highest BCUT2D eigenvalue weighted by atomic mass is 16.5. The second-order valence-corrected chi connectivity index (χ2v) is 5.29. The van der Waals surface area contributed by atoms with Crippen LogP contribution in [0.2, 0.25) is 0 Å². The minimum absolute atomic E-state index is 0.139. The van der Waals surface area contributed by atoms with Gasteiger partial charge in [-0.2, -0.15) is 0 Å². The van der Waals surface area contributed by atoms with Crippen molar-refractivity contribution in [3.05, 3.63) is 48.5 Å². The molecule has 0 bridgehead atoms. The largest absolute Gasteiger partial charge is 0.495 e. The third-order valence-corrected chi connectivity index (χ3v) is 3.06. The Morgan fingerprint density at radius 3 is 2.43 bits per heavy atom. The summed E-state index contributed by atoms with van der Waals surface area (Å²) in [4.78, 5) is 12.0. The van der Waals surface area contributed by atoms with Gasteiger partial charge in [-0.3, -0.25) is 4.79 Å². The number of ether oxygens (including phenoxy) is 2. The SMILES string of the molecule is COc1ccccc1NC(=O)CNc1ccc(OC(C)C)cc1. The minimum Gasteiger partial charge on any atom is -0.495 e. The molecule has 0 aliphatic carbocycles. The van der Waals surface area contributed by atoms with E-state index in [9.17, 15) is 4.79 Å². The first-order valence-corrected chi connectivity index (χ1v) is 7.52. The molecule has 0 aromatic heterocycles. The number of hydrogen-bond donors (Lipinski definition) is 2. The van der Waals surface area contributed by atoms with Gasteiger partial charge in [0.25, 0.3) is 0 Å². The summed E-state index contributed by atoms with van der Waals surface area (Å²) in [5.41, 5.74) is 1.51. The van der Waals surface area contributed by atoms with Crippen molar-refractivity contribution in [1.82, 2.24) is 0 Å². The highest BCUT2D eigenvalue weighted by Crippen LogP contribution is 2.23. The minimum atomic E-state index is -0.142. The zero-order chi connectivity index (χ0) is 16.7. The number of nitrogens with one attached hydrogen (secondary N) is 2. The lowest BCUT2D eigenvalue weighted by Gasteiger charge is -2.12. The number of carbonyl (C=O) groups is 1. The molecule has 0 heterocycles. The van der Waals surface area contributed by atoms with Gasteiger partial charge in [0.1, 0.15) is 11.5 Å². The Hall–Kier alpha value is -2.69. The van der Waals surface area contributed by atoms with E-state index in [0.29, 0.717) is 11.4 Å². The van der Waals surface area contributed by atoms with Crippen molar-refractivity contribution in [1.29, 1.82) is 0 Å². The van der Waals surface area contributed by atoms with Crippen LogP contribution in [0.4, 0.5) is 11.4 Å². The molecule has 0 fully saturated rings. The summed E-state index contributed by atoms with van der Waals surface area (Å²) in [5.74, 6) is 1.30. The van der Waals surface area contributed by atoms with Gasteiger partial charge in [-0.25, -0.2) is 0 Å². The molecular formula is C18H22N2O3. The van der Waals surface area contributed by atoms with Crippen LogP contribution < -0.4 is 20.1 Å². The maximum atomic E-state index is 12.0. The molecular weight excluding hydrogens is 292 g/mol. The molecule has 122 valence electrons. The number of methoxy groups -OCH3 is 1. The van der Waals surface area contributed by atoms with Gasteiger partial charge in [0.05, 0.1) is 25.4 Å². The molecule has 2 N–H and O–H groups in total. The van der Waals surface area contributed by atoms with Crippen molar-refractivity contribution in [2.45, 2.75) is 20.0 Å². The molecule has 2 rings (SSSR count). The predicted molar refractivity (Wildman–Crippen MR) is 92.3 cm³/mol. The van der Waals surface area contributed by atoms with Crippen LogP contribution in [0.15, 0.2) is 48.5 Å². The molecule has 0 aliphatic heterocycles. The lowest BCUT2D eigenvalue weighted by molar-refractivity contribution is -0.114. The van der Waals surface area contributed by atoms with E-state index >= 15 is 0 Å². The number of rotatable bonds is 7. The topological polar surface area (TPSA) is 59.6 Å². The molecule has 0 aliphatic rings. The Labute approximate surface area is 136 Å². The smallest absolute Gasteiger partial charge is 0.243 e. The normalized spacial score (nSPS) is 10.3. The Bertz CT molecular complexity index is 639. The molecule has 0 atom stereocenters. The molecule has 5 nitrogen and oxygen atoms in total. The lowest BCUT2D eigenvalue weighted by Crippen LogP contribution is -2.22. The van der Waals surface area contributed by atoms with Crippen molar-refractivity contribution >= 4 is 17.3 Å². The number of para-hydroxylation sites is 2. The summed E-state index contributed by atoms with van der Waals surface area (Å²) in [6.07, 6.45) is 0.139. The number of carbonyl (C=O) groups excluding carboxylic acids is 1. The van der Waals surface area contributed by atoms with Gasteiger partial charge in [-0.15, -0.1) is 0 Å². The maximum Gasteiger partial charge on any atom is 0.243 e. The zero-order valence-corrected chi connectivity index (χ0v) is 13.6. The van der Waals surface area contributed by atoms with E-state index in [-0.39, 0.29) is 18.6 Å². The van der Waals surface area contributed by atoms with E-state index in [2.05, 4.69) is 10.6 Å². The number of hydrogen-bond acceptors (Lipinski definition) is 4. The molecule has 0 unspecified atom stereocenters. The maximum absolute atomic E-state index is 12.0. The van der Waals surface area contributed by atoms with Crippen molar-refractivity contribution in [2.75, 3.05) is 24.3 Å². The van der Waals surface area contributed by atoms with Crippen LogP contribution >= 0.6 is 0 Å². The predicted octanol–water partition coefficient (Wildman–Crippen LogP) is 3.53. The Balaban J connectivity index is 1.86. The van der Waals surface area contributed by atoms with Gasteiger partial charge < -0.3 is 20.1 Å². The Morgan fingerprint density at radius 1 is 1.09 bits per heavy atom. The second-order valence-electron chi connectivity index (χ2n) is 5.29. The van der Waals surface area contributed by atoms with Gasteiger partial charge in [-0.1, -0.05) is 12.1 Å². The third-order valence-electron chi connectivity index (χ3n) is 3.06. The van der Waals surface area contributed by atoms with Gasteiger partial charge in [0, 0.05) is 5.69 Å². The first-order chi connectivity index (χ1) is 11.1. The molecule has 0 spiro atoms. The first-order valence-electron chi connectivity index (χ1n) is 7.52. The van der Waals surface area contributed by atoms with E-state index in [1.165, 1.54) is 0 Å². The highest BCUT2D eigenvalue weighted by molar-refractivity contribution is 5.95. The second kappa shape index (κ2) is 8.08. The number of amides is 1. The molecule has 1 amide bonds. The van der Waals surface area contributed by atoms with Crippen LogP contribution in [0.25, 0.3) is 0 Å².